The molecule has 0 aromatic heterocycles. The van der Waals surface area contributed by atoms with Crippen LogP contribution >= 0.6 is 0 Å². The van der Waals surface area contributed by atoms with Crippen LogP contribution in [0, 0.1) is 0 Å². The van der Waals surface area contributed by atoms with E-state index in [1.54, 1.807) is 20.3 Å². The molecule has 0 atom stereocenters. The van der Waals surface area contributed by atoms with E-state index < -0.39 is 0 Å². The number of hydrogen-bond donors (Lipinski definition) is 1. The first-order valence-corrected chi connectivity index (χ1v) is 8.21. The zero-order valence-corrected chi connectivity index (χ0v) is 14.8. The van der Waals surface area contributed by atoms with Crippen molar-refractivity contribution in [3.8, 4) is 17.2 Å². The number of phenolic OH excluding ortho intramolecular Hbond substituents is 1. The van der Waals surface area contributed by atoms with Gasteiger partial charge in [0.25, 0.3) is 0 Å². The molecule has 4 nitrogen and oxygen atoms in total. The smallest absolute Gasteiger partial charge is 0.120 e. The Morgan fingerprint density at radius 2 is 1.48 bits per heavy atom. The van der Waals surface area contributed by atoms with E-state index in [0.717, 1.165) is 34.4 Å². The predicted octanol–water partition coefficient (Wildman–Crippen LogP) is 4.19. The summed E-state index contributed by atoms with van der Waals surface area (Å²) in [5.41, 5.74) is 2.10. The van der Waals surface area contributed by atoms with Crippen molar-refractivity contribution < 1.29 is 14.6 Å². The molecule has 0 unspecified atom stereocenters. The molecule has 0 aliphatic heterocycles. The van der Waals surface area contributed by atoms with Gasteiger partial charge in [0.1, 0.15) is 17.2 Å². The van der Waals surface area contributed by atoms with E-state index in [0.29, 0.717) is 12.3 Å². The van der Waals surface area contributed by atoms with Gasteiger partial charge in [-0.15, -0.1) is 0 Å². The zero-order valence-electron chi connectivity index (χ0n) is 14.8. The van der Waals surface area contributed by atoms with Crippen LogP contribution in [-0.2, 0) is 13.1 Å². The Balaban J connectivity index is 1.84. The first kappa shape index (κ1) is 17.1. The van der Waals surface area contributed by atoms with E-state index in [2.05, 4.69) is 17.0 Å². The molecule has 0 aliphatic carbocycles. The Morgan fingerprint density at radius 1 is 0.840 bits per heavy atom. The molecule has 3 aromatic rings. The molecule has 130 valence electrons. The number of fused-ring (bicyclic) bond motifs is 1. The Labute approximate surface area is 148 Å². The summed E-state index contributed by atoms with van der Waals surface area (Å²) >= 11 is 0. The molecule has 25 heavy (non-hydrogen) atoms. The molecule has 1 N–H and O–H groups in total. The summed E-state index contributed by atoms with van der Waals surface area (Å²) in [6.45, 7) is 1.42. The van der Waals surface area contributed by atoms with Crippen LogP contribution in [-0.4, -0.2) is 31.3 Å². The van der Waals surface area contributed by atoms with Crippen molar-refractivity contribution in [2.45, 2.75) is 13.1 Å². The number of aromatic hydroxyl groups is 1. The van der Waals surface area contributed by atoms with Crippen LogP contribution in [0.15, 0.2) is 54.6 Å². The van der Waals surface area contributed by atoms with Crippen LogP contribution in [0.25, 0.3) is 10.8 Å². The molecule has 0 saturated heterocycles. The monoisotopic (exact) mass is 337 g/mol. The number of ether oxygens (including phenoxy) is 2. The molecule has 0 aliphatic rings. The molecule has 3 aromatic carbocycles. The van der Waals surface area contributed by atoms with Gasteiger partial charge in [0, 0.05) is 18.7 Å². The molecule has 0 radical (unpaired) electrons. The maximum Gasteiger partial charge on any atom is 0.120 e. The van der Waals surface area contributed by atoms with E-state index >= 15 is 0 Å². The lowest BCUT2D eigenvalue weighted by molar-refractivity contribution is 0.314. The van der Waals surface area contributed by atoms with E-state index in [1.165, 1.54) is 5.56 Å². The third kappa shape index (κ3) is 3.86. The Kier molecular flexibility index (Phi) is 5.10. The van der Waals surface area contributed by atoms with Crippen LogP contribution in [0.2, 0.25) is 0 Å². The molecular formula is C21H23NO3. The maximum atomic E-state index is 10.4. The number of hydrogen-bond acceptors (Lipinski definition) is 4. The fourth-order valence-electron chi connectivity index (χ4n) is 3.01. The standard InChI is InChI=1S/C21H23NO3/c1-22(13-15-4-8-17(24-2)9-5-15)14-20-19-12-18(25-3)10-6-16(19)7-11-21(20)23/h4-12,23H,13-14H2,1-3H3. The Bertz CT molecular complexity index is 859. The second-order valence-electron chi connectivity index (χ2n) is 6.17. The number of methoxy groups -OCH3 is 2. The van der Waals surface area contributed by atoms with Crippen LogP contribution in [0.3, 0.4) is 0 Å². The van der Waals surface area contributed by atoms with Crippen LogP contribution < -0.4 is 9.47 Å². The second kappa shape index (κ2) is 7.45. The first-order valence-electron chi connectivity index (χ1n) is 8.21. The summed E-state index contributed by atoms with van der Waals surface area (Å²) < 4.78 is 10.5. The van der Waals surface area contributed by atoms with E-state index in [4.69, 9.17) is 9.47 Å². The summed E-state index contributed by atoms with van der Waals surface area (Å²) in [6, 6.07) is 17.6. The third-order valence-electron chi connectivity index (χ3n) is 4.36. The van der Waals surface area contributed by atoms with Gasteiger partial charge in [-0.3, -0.25) is 4.90 Å². The fourth-order valence-corrected chi connectivity index (χ4v) is 3.01. The van der Waals surface area contributed by atoms with Gasteiger partial charge >= 0.3 is 0 Å². The average molecular weight is 337 g/mol. The predicted molar refractivity (Wildman–Crippen MR) is 100 cm³/mol. The molecule has 0 saturated carbocycles. The van der Waals surface area contributed by atoms with Gasteiger partial charge in [-0.05, 0) is 53.7 Å². The van der Waals surface area contributed by atoms with E-state index in [1.807, 2.05) is 43.4 Å². The molecule has 0 spiro atoms. The van der Waals surface area contributed by atoms with E-state index in [9.17, 15) is 5.11 Å². The highest BCUT2D eigenvalue weighted by Crippen LogP contribution is 2.31. The highest BCUT2D eigenvalue weighted by Gasteiger charge is 2.11. The molecule has 0 heterocycles. The van der Waals surface area contributed by atoms with Gasteiger partial charge in [-0.1, -0.05) is 24.3 Å². The molecule has 4 heteroatoms. The van der Waals surface area contributed by atoms with E-state index in [-0.39, 0.29) is 0 Å². The van der Waals surface area contributed by atoms with Gasteiger partial charge in [0.05, 0.1) is 14.2 Å². The highest BCUT2D eigenvalue weighted by molar-refractivity contribution is 5.88. The lowest BCUT2D eigenvalue weighted by atomic mass is 10.0. The lowest BCUT2D eigenvalue weighted by Crippen LogP contribution is -2.17. The first-order chi connectivity index (χ1) is 12.1. The van der Waals surface area contributed by atoms with Crippen molar-refractivity contribution in [1.29, 1.82) is 0 Å². The maximum absolute atomic E-state index is 10.4. The largest absolute Gasteiger partial charge is 0.508 e. The van der Waals surface area contributed by atoms with Gasteiger partial charge in [0.2, 0.25) is 0 Å². The summed E-state index contributed by atoms with van der Waals surface area (Å²) in [4.78, 5) is 2.18. The van der Waals surface area contributed by atoms with Crippen molar-refractivity contribution in [2.75, 3.05) is 21.3 Å². The molecular weight excluding hydrogens is 314 g/mol. The van der Waals surface area contributed by atoms with Crippen molar-refractivity contribution in [2.24, 2.45) is 0 Å². The minimum absolute atomic E-state index is 0.308. The third-order valence-corrected chi connectivity index (χ3v) is 4.36. The Hall–Kier alpha value is -2.72. The summed E-state index contributed by atoms with van der Waals surface area (Å²) in [7, 11) is 5.36. The minimum Gasteiger partial charge on any atom is -0.508 e. The topological polar surface area (TPSA) is 41.9 Å². The van der Waals surface area contributed by atoms with Crippen LogP contribution in [0.1, 0.15) is 11.1 Å². The lowest BCUT2D eigenvalue weighted by Gasteiger charge is -2.19. The number of nitrogens with zero attached hydrogens (tertiary/aromatic N) is 1. The summed E-state index contributed by atoms with van der Waals surface area (Å²) in [5.74, 6) is 1.95. The molecule has 0 amide bonds. The van der Waals surface area contributed by atoms with Gasteiger partial charge in [-0.25, -0.2) is 0 Å². The number of benzene rings is 3. The van der Waals surface area contributed by atoms with Gasteiger partial charge in [-0.2, -0.15) is 0 Å². The SMILES string of the molecule is COc1ccc(CN(C)Cc2c(O)ccc3ccc(OC)cc23)cc1. The summed E-state index contributed by atoms with van der Waals surface area (Å²) in [5, 5.41) is 12.5. The molecule has 3 rings (SSSR count). The number of phenols is 1. The second-order valence-corrected chi connectivity index (χ2v) is 6.17. The summed E-state index contributed by atoms with van der Waals surface area (Å²) in [6.07, 6.45) is 0. The van der Waals surface area contributed by atoms with Crippen molar-refractivity contribution in [1.82, 2.24) is 4.90 Å². The van der Waals surface area contributed by atoms with Crippen LogP contribution in [0.5, 0.6) is 17.2 Å². The van der Waals surface area contributed by atoms with Crippen molar-refractivity contribution in [3.63, 3.8) is 0 Å². The quantitative estimate of drug-likeness (QED) is 0.732. The molecule has 0 fully saturated rings. The zero-order chi connectivity index (χ0) is 17.8. The minimum atomic E-state index is 0.308. The highest BCUT2D eigenvalue weighted by atomic mass is 16.5. The Morgan fingerprint density at radius 3 is 2.16 bits per heavy atom. The van der Waals surface area contributed by atoms with Crippen molar-refractivity contribution >= 4 is 10.8 Å². The number of rotatable bonds is 6. The molecule has 0 bridgehead atoms. The normalized spacial score (nSPS) is 11.0. The van der Waals surface area contributed by atoms with Gasteiger partial charge in [0.15, 0.2) is 0 Å². The van der Waals surface area contributed by atoms with Gasteiger partial charge < -0.3 is 14.6 Å². The van der Waals surface area contributed by atoms with Crippen molar-refractivity contribution in [3.05, 3.63) is 65.7 Å². The van der Waals surface area contributed by atoms with Crippen LogP contribution in [0.4, 0.5) is 0 Å². The average Bonchev–Trinajstić information content (AvgIpc) is 2.64. The fraction of sp³-hybridized carbons (Fsp3) is 0.238.